The van der Waals surface area contributed by atoms with Gasteiger partial charge in [0.25, 0.3) is 0 Å². The quantitative estimate of drug-likeness (QED) is 0.567. The fraction of sp³-hybridized carbons (Fsp3) is 0.667. The van der Waals surface area contributed by atoms with E-state index in [1.165, 1.54) is 11.7 Å². The molecule has 57 valence electrons. The molecule has 0 aliphatic carbocycles. The first-order chi connectivity index (χ1) is 4.74. The van der Waals surface area contributed by atoms with Gasteiger partial charge in [0.2, 0.25) is 0 Å². The number of carbonyl (C=O) groups is 1. The van der Waals surface area contributed by atoms with Crippen molar-refractivity contribution in [3.63, 3.8) is 0 Å². The molecule has 1 fully saturated rings. The van der Waals surface area contributed by atoms with Crippen LogP contribution in [0.3, 0.4) is 0 Å². The number of esters is 1. The van der Waals surface area contributed by atoms with Crippen molar-refractivity contribution in [2.24, 2.45) is 0 Å². The van der Waals surface area contributed by atoms with Crippen molar-refractivity contribution in [3.8, 4) is 0 Å². The number of rotatable bonds is 1. The maximum absolute atomic E-state index is 10.9. The summed E-state index contributed by atoms with van der Waals surface area (Å²) in [6.45, 7) is 2.03. The SMILES string of the molecule is COC(=O)C1CS[C](C)S1. The van der Waals surface area contributed by atoms with Crippen LogP contribution in [0.2, 0.25) is 0 Å². The molecule has 1 rings (SSSR count). The van der Waals surface area contributed by atoms with Crippen molar-refractivity contribution < 1.29 is 9.53 Å². The number of ether oxygens (including phenoxy) is 1. The van der Waals surface area contributed by atoms with Crippen molar-refractivity contribution in [1.29, 1.82) is 0 Å². The van der Waals surface area contributed by atoms with Crippen molar-refractivity contribution in [2.75, 3.05) is 12.9 Å². The summed E-state index contributed by atoms with van der Waals surface area (Å²) in [5.74, 6) is 0.762. The highest BCUT2D eigenvalue weighted by molar-refractivity contribution is 8.24. The van der Waals surface area contributed by atoms with Gasteiger partial charge in [0.05, 0.1) is 11.7 Å². The highest BCUT2D eigenvalue weighted by Gasteiger charge is 2.29. The van der Waals surface area contributed by atoms with Gasteiger partial charge in [-0.15, -0.1) is 23.5 Å². The Bertz CT molecular complexity index is 138. The molecule has 1 atom stereocenters. The van der Waals surface area contributed by atoms with Gasteiger partial charge in [0.15, 0.2) is 0 Å². The van der Waals surface area contributed by atoms with E-state index in [4.69, 9.17) is 0 Å². The average molecular weight is 177 g/mol. The first kappa shape index (κ1) is 8.27. The number of hydrogen-bond acceptors (Lipinski definition) is 4. The highest BCUT2D eigenvalue weighted by Crippen LogP contribution is 2.43. The van der Waals surface area contributed by atoms with Gasteiger partial charge in [-0.1, -0.05) is 0 Å². The Morgan fingerprint density at radius 2 is 2.50 bits per heavy atom. The Balaban J connectivity index is 2.37. The lowest BCUT2D eigenvalue weighted by Gasteiger charge is -2.03. The molecule has 1 unspecified atom stereocenters. The van der Waals surface area contributed by atoms with Gasteiger partial charge in [-0.3, -0.25) is 4.79 Å². The monoisotopic (exact) mass is 177 g/mol. The van der Waals surface area contributed by atoms with Crippen LogP contribution in [0, 0.1) is 4.58 Å². The molecule has 1 radical (unpaired) electrons. The van der Waals surface area contributed by atoms with Gasteiger partial charge in [0.1, 0.15) is 5.25 Å². The van der Waals surface area contributed by atoms with Crippen molar-refractivity contribution in [2.45, 2.75) is 12.2 Å². The number of hydrogen-bond donors (Lipinski definition) is 0. The van der Waals surface area contributed by atoms with E-state index in [-0.39, 0.29) is 11.2 Å². The molecule has 0 bridgehead atoms. The minimum Gasteiger partial charge on any atom is -0.468 e. The van der Waals surface area contributed by atoms with Gasteiger partial charge < -0.3 is 4.74 Å². The zero-order chi connectivity index (χ0) is 7.56. The summed E-state index contributed by atoms with van der Waals surface area (Å²) in [5.41, 5.74) is 0. The van der Waals surface area contributed by atoms with Gasteiger partial charge in [0, 0.05) is 5.75 Å². The second kappa shape index (κ2) is 3.53. The molecule has 1 aliphatic rings. The normalized spacial score (nSPS) is 26.8. The lowest BCUT2D eigenvalue weighted by atomic mass is 10.5. The van der Waals surface area contributed by atoms with E-state index in [2.05, 4.69) is 4.74 Å². The van der Waals surface area contributed by atoms with E-state index in [0.29, 0.717) is 0 Å². The topological polar surface area (TPSA) is 26.3 Å². The Morgan fingerprint density at radius 3 is 2.90 bits per heavy atom. The lowest BCUT2D eigenvalue weighted by Crippen LogP contribution is -2.17. The van der Waals surface area contributed by atoms with Gasteiger partial charge >= 0.3 is 5.97 Å². The van der Waals surface area contributed by atoms with Crippen LogP contribution in [-0.4, -0.2) is 24.1 Å². The molecular formula is C6H9O2S2. The van der Waals surface area contributed by atoms with Crippen LogP contribution >= 0.6 is 23.5 Å². The number of carbonyl (C=O) groups excluding carboxylic acids is 1. The summed E-state index contributed by atoms with van der Waals surface area (Å²) in [4.78, 5) is 10.9. The van der Waals surface area contributed by atoms with Crippen LogP contribution in [0.5, 0.6) is 0 Å². The van der Waals surface area contributed by atoms with Crippen molar-refractivity contribution in [3.05, 3.63) is 4.58 Å². The zero-order valence-corrected chi connectivity index (χ0v) is 7.55. The maximum atomic E-state index is 10.9. The summed E-state index contributed by atoms with van der Waals surface area (Å²) in [6, 6.07) is 0. The van der Waals surface area contributed by atoms with Crippen LogP contribution in [0.1, 0.15) is 6.92 Å². The molecule has 10 heavy (non-hydrogen) atoms. The van der Waals surface area contributed by atoms with Crippen molar-refractivity contribution in [1.82, 2.24) is 0 Å². The Hall–Kier alpha value is 0.170. The molecule has 1 aliphatic heterocycles. The molecule has 0 saturated carbocycles. The second-order valence-corrected chi connectivity index (χ2v) is 4.84. The maximum Gasteiger partial charge on any atom is 0.319 e. The van der Waals surface area contributed by atoms with Gasteiger partial charge in [-0.25, -0.2) is 0 Å². The predicted molar refractivity (Wildman–Crippen MR) is 44.8 cm³/mol. The van der Waals surface area contributed by atoms with Crippen LogP contribution < -0.4 is 0 Å². The van der Waals surface area contributed by atoms with Crippen LogP contribution in [0.25, 0.3) is 0 Å². The third-order valence-electron chi connectivity index (χ3n) is 1.21. The zero-order valence-electron chi connectivity index (χ0n) is 5.92. The van der Waals surface area contributed by atoms with E-state index < -0.39 is 0 Å². The molecular weight excluding hydrogens is 168 g/mol. The number of methoxy groups -OCH3 is 1. The van der Waals surface area contributed by atoms with Crippen molar-refractivity contribution >= 4 is 29.5 Å². The Kier molecular flexibility index (Phi) is 2.92. The van der Waals surface area contributed by atoms with Crippen LogP contribution in [0.4, 0.5) is 0 Å². The standard InChI is InChI=1S/C6H9O2S2/c1-4-9-3-5(10-4)6(7)8-2/h5H,3H2,1-2H3. The molecule has 2 nitrogen and oxygen atoms in total. The summed E-state index contributed by atoms with van der Waals surface area (Å²) >= 11 is 3.33. The van der Waals surface area contributed by atoms with E-state index in [0.717, 1.165) is 5.75 Å². The molecule has 1 heterocycles. The Labute approximate surface area is 69.1 Å². The fourth-order valence-electron chi connectivity index (χ4n) is 0.709. The van der Waals surface area contributed by atoms with Crippen LogP contribution in [0.15, 0.2) is 0 Å². The minimum atomic E-state index is -0.102. The van der Waals surface area contributed by atoms with Gasteiger partial charge in [-0.2, -0.15) is 0 Å². The molecule has 0 aromatic carbocycles. The van der Waals surface area contributed by atoms with E-state index in [9.17, 15) is 4.79 Å². The third-order valence-corrected chi connectivity index (χ3v) is 3.95. The van der Waals surface area contributed by atoms with E-state index in [1.807, 2.05) is 6.92 Å². The molecule has 0 spiro atoms. The Morgan fingerprint density at radius 1 is 1.80 bits per heavy atom. The molecule has 0 amide bonds. The minimum absolute atomic E-state index is 0.0370. The summed E-state index contributed by atoms with van der Waals surface area (Å²) in [5, 5.41) is 0.0370. The highest BCUT2D eigenvalue weighted by atomic mass is 32.2. The first-order valence-electron chi connectivity index (χ1n) is 2.95. The fourth-order valence-corrected chi connectivity index (χ4v) is 3.13. The largest absolute Gasteiger partial charge is 0.468 e. The van der Waals surface area contributed by atoms with Crippen LogP contribution in [-0.2, 0) is 9.53 Å². The second-order valence-electron chi connectivity index (χ2n) is 1.93. The number of thioether (sulfide) groups is 2. The summed E-state index contributed by atoms with van der Waals surface area (Å²) in [6.07, 6.45) is 0. The molecule has 0 aromatic heterocycles. The predicted octanol–water partition coefficient (Wildman–Crippen LogP) is 1.52. The molecule has 1 saturated heterocycles. The molecule has 0 aromatic rings. The van der Waals surface area contributed by atoms with Gasteiger partial charge in [-0.05, 0) is 6.92 Å². The summed E-state index contributed by atoms with van der Waals surface area (Å²) < 4.78 is 5.86. The third kappa shape index (κ3) is 1.83. The first-order valence-corrected chi connectivity index (χ1v) is 4.81. The molecule has 4 heteroatoms. The van der Waals surface area contributed by atoms with E-state index in [1.54, 1.807) is 23.5 Å². The average Bonchev–Trinajstić information content (AvgIpc) is 2.34. The molecule has 0 N–H and O–H groups in total. The lowest BCUT2D eigenvalue weighted by molar-refractivity contribution is -0.139. The van der Waals surface area contributed by atoms with E-state index >= 15 is 0 Å². The smallest absolute Gasteiger partial charge is 0.319 e. The summed E-state index contributed by atoms with van der Waals surface area (Å²) in [7, 11) is 1.43.